The first kappa shape index (κ1) is 16.4. The number of rotatable bonds is 5. The van der Waals surface area contributed by atoms with Crippen molar-refractivity contribution in [3.63, 3.8) is 0 Å². The van der Waals surface area contributed by atoms with Crippen LogP contribution in [0, 0.1) is 11.2 Å². The van der Waals surface area contributed by atoms with E-state index in [2.05, 4.69) is 5.32 Å². The highest BCUT2D eigenvalue weighted by atomic mass is 19.1. The third kappa shape index (κ3) is 4.20. The van der Waals surface area contributed by atoms with Crippen LogP contribution in [0.2, 0.25) is 0 Å². The zero-order valence-corrected chi connectivity index (χ0v) is 12.5. The van der Waals surface area contributed by atoms with Crippen molar-refractivity contribution < 1.29 is 13.9 Å². The predicted octanol–water partition coefficient (Wildman–Crippen LogP) is 2.33. The van der Waals surface area contributed by atoms with Crippen molar-refractivity contribution in [2.45, 2.75) is 33.2 Å². The summed E-state index contributed by atoms with van der Waals surface area (Å²) in [6.45, 7) is 6.58. The van der Waals surface area contributed by atoms with Gasteiger partial charge in [-0.1, -0.05) is 20.8 Å². The summed E-state index contributed by atoms with van der Waals surface area (Å²) >= 11 is 0. The lowest BCUT2D eigenvalue weighted by Crippen LogP contribution is -2.44. The lowest BCUT2D eigenvalue weighted by atomic mass is 9.84. The molecule has 1 unspecified atom stereocenters. The second kappa shape index (κ2) is 6.70. The molecule has 0 aliphatic heterocycles. The van der Waals surface area contributed by atoms with Gasteiger partial charge in [-0.05, 0) is 36.6 Å². The van der Waals surface area contributed by atoms with Gasteiger partial charge in [-0.2, -0.15) is 0 Å². The number of amides is 1. The number of carbonyl (C=O) groups excluding carboxylic acids is 1. The van der Waals surface area contributed by atoms with E-state index in [-0.39, 0.29) is 28.7 Å². The van der Waals surface area contributed by atoms with Gasteiger partial charge < -0.3 is 15.8 Å². The van der Waals surface area contributed by atoms with Gasteiger partial charge in [0.15, 0.2) is 11.6 Å². The number of methoxy groups -OCH3 is 1. The molecule has 112 valence electrons. The van der Waals surface area contributed by atoms with E-state index in [1.54, 1.807) is 6.07 Å². The van der Waals surface area contributed by atoms with E-state index in [1.807, 2.05) is 20.8 Å². The standard InChI is InChI=1S/C15H23FN2O2/c1-15(2,3)13(7-8-17)18-14(19)10-5-6-12(20-4)11(16)9-10/h5-6,9,13H,7-8,17H2,1-4H3,(H,18,19). The molecule has 0 fully saturated rings. The van der Waals surface area contributed by atoms with Crippen LogP contribution in [0.5, 0.6) is 5.75 Å². The quantitative estimate of drug-likeness (QED) is 0.871. The van der Waals surface area contributed by atoms with Crippen molar-refractivity contribution in [1.29, 1.82) is 0 Å². The van der Waals surface area contributed by atoms with Crippen molar-refractivity contribution in [1.82, 2.24) is 5.32 Å². The summed E-state index contributed by atoms with van der Waals surface area (Å²) in [6.07, 6.45) is 0.674. The minimum absolute atomic E-state index is 0.0647. The van der Waals surface area contributed by atoms with E-state index < -0.39 is 5.82 Å². The van der Waals surface area contributed by atoms with Gasteiger partial charge in [0.05, 0.1) is 7.11 Å². The Bertz CT molecular complexity index is 469. The molecule has 20 heavy (non-hydrogen) atoms. The summed E-state index contributed by atoms with van der Waals surface area (Å²) in [4.78, 5) is 12.2. The summed E-state index contributed by atoms with van der Waals surface area (Å²) < 4.78 is 18.4. The van der Waals surface area contributed by atoms with E-state index >= 15 is 0 Å². The number of ether oxygens (including phenoxy) is 1. The van der Waals surface area contributed by atoms with E-state index in [9.17, 15) is 9.18 Å². The lowest BCUT2D eigenvalue weighted by Gasteiger charge is -2.31. The van der Waals surface area contributed by atoms with Crippen molar-refractivity contribution in [3.05, 3.63) is 29.6 Å². The third-order valence-electron chi connectivity index (χ3n) is 3.22. The monoisotopic (exact) mass is 282 g/mol. The minimum atomic E-state index is -0.550. The van der Waals surface area contributed by atoms with E-state index in [0.717, 1.165) is 0 Å². The summed E-state index contributed by atoms with van der Waals surface area (Å²) in [7, 11) is 1.38. The van der Waals surface area contributed by atoms with Gasteiger partial charge in [-0.25, -0.2) is 4.39 Å². The summed E-state index contributed by atoms with van der Waals surface area (Å²) in [6, 6.07) is 4.10. The normalized spacial score (nSPS) is 12.9. The van der Waals surface area contributed by atoms with Crippen molar-refractivity contribution in [3.8, 4) is 5.75 Å². The zero-order valence-electron chi connectivity index (χ0n) is 12.5. The molecular formula is C15H23FN2O2. The number of nitrogens with two attached hydrogens (primary N) is 1. The Balaban J connectivity index is 2.86. The summed E-state index contributed by atoms with van der Waals surface area (Å²) in [5, 5.41) is 2.91. The molecule has 4 nitrogen and oxygen atoms in total. The van der Waals surface area contributed by atoms with Crippen molar-refractivity contribution in [2.24, 2.45) is 11.1 Å². The maximum atomic E-state index is 13.6. The van der Waals surface area contributed by atoms with Gasteiger partial charge in [0.2, 0.25) is 0 Å². The molecular weight excluding hydrogens is 259 g/mol. The molecule has 0 aromatic heterocycles. The Labute approximate surface area is 119 Å². The average Bonchev–Trinajstić information content (AvgIpc) is 2.36. The first-order valence-electron chi connectivity index (χ1n) is 6.64. The van der Waals surface area contributed by atoms with Crippen LogP contribution in [0.1, 0.15) is 37.6 Å². The number of hydrogen-bond acceptors (Lipinski definition) is 3. The molecule has 0 saturated heterocycles. The van der Waals surface area contributed by atoms with Gasteiger partial charge in [-0.3, -0.25) is 4.79 Å². The Morgan fingerprint density at radius 2 is 2.10 bits per heavy atom. The van der Waals surface area contributed by atoms with Crippen LogP contribution in [-0.2, 0) is 0 Å². The number of nitrogens with one attached hydrogen (secondary N) is 1. The molecule has 0 bridgehead atoms. The van der Waals surface area contributed by atoms with Crippen LogP contribution >= 0.6 is 0 Å². The first-order chi connectivity index (χ1) is 9.29. The number of hydrogen-bond donors (Lipinski definition) is 2. The minimum Gasteiger partial charge on any atom is -0.494 e. The Hall–Kier alpha value is -1.62. The number of benzene rings is 1. The average molecular weight is 282 g/mol. The van der Waals surface area contributed by atoms with Gasteiger partial charge in [-0.15, -0.1) is 0 Å². The Morgan fingerprint density at radius 3 is 2.55 bits per heavy atom. The molecule has 0 radical (unpaired) electrons. The molecule has 0 aliphatic carbocycles. The maximum absolute atomic E-state index is 13.6. The molecule has 1 atom stereocenters. The smallest absolute Gasteiger partial charge is 0.251 e. The second-order valence-electron chi connectivity index (χ2n) is 5.82. The van der Waals surface area contributed by atoms with Crippen molar-refractivity contribution >= 4 is 5.91 Å². The molecule has 0 heterocycles. The first-order valence-corrected chi connectivity index (χ1v) is 6.64. The van der Waals surface area contributed by atoms with Crippen LogP contribution in [-0.4, -0.2) is 25.6 Å². The number of carbonyl (C=O) groups is 1. The van der Waals surface area contributed by atoms with Crippen LogP contribution in [0.25, 0.3) is 0 Å². The molecule has 3 N–H and O–H groups in total. The number of halogens is 1. The van der Waals surface area contributed by atoms with E-state index in [1.165, 1.54) is 19.2 Å². The Morgan fingerprint density at radius 1 is 1.45 bits per heavy atom. The highest BCUT2D eigenvalue weighted by Crippen LogP contribution is 2.23. The van der Waals surface area contributed by atoms with Gasteiger partial charge in [0, 0.05) is 11.6 Å². The fraction of sp³-hybridized carbons (Fsp3) is 0.533. The molecule has 1 amide bonds. The molecule has 1 aromatic rings. The van der Waals surface area contributed by atoms with E-state index in [0.29, 0.717) is 13.0 Å². The topological polar surface area (TPSA) is 64.3 Å². The Kier molecular flexibility index (Phi) is 5.51. The second-order valence-corrected chi connectivity index (χ2v) is 5.82. The molecule has 0 spiro atoms. The lowest BCUT2D eigenvalue weighted by molar-refractivity contribution is 0.0898. The highest BCUT2D eigenvalue weighted by molar-refractivity contribution is 5.94. The van der Waals surface area contributed by atoms with Crippen LogP contribution < -0.4 is 15.8 Å². The highest BCUT2D eigenvalue weighted by Gasteiger charge is 2.26. The predicted molar refractivity (Wildman–Crippen MR) is 77.3 cm³/mol. The summed E-state index contributed by atoms with van der Waals surface area (Å²) in [5.74, 6) is -0.734. The van der Waals surface area contributed by atoms with Crippen molar-refractivity contribution in [2.75, 3.05) is 13.7 Å². The van der Waals surface area contributed by atoms with Crippen LogP contribution in [0.3, 0.4) is 0 Å². The fourth-order valence-electron chi connectivity index (χ4n) is 1.94. The van der Waals surface area contributed by atoms with E-state index in [4.69, 9.17) is 10.5 Å². The third-order valence-corrected chi connectivity index (χ3v) is 3.22. The maximum Gasteiger partial charge on any atom is 0.251 e. The van der Waals surface area contributed by atoms with Gasteiger partial charge in [0.1, 0.15) is 0 Å². The zero-order chi connectivity index (χ0) is 15.3. The summed E-state index contributed by atoms with van der Waals surface area (Å²) in [5.41, 5.74) is 5.74. The molecule has 5 heteroatoms. The molecule has 0 saturated carbocycles. The van der Waals surface area contributed by atoms with Gasteiger partial charge in [0.25, 0.3) is 5.91 Å². The largest absolute Gasteiger partial charge is 0.494 e. The van der Waals surface area contributed by atoms with Crippen LogP contribution in [0.4, 0.5) is 4.39 Å². The molecule has 0 aliphatic rings. The molecule has 1 rings (SSSR count). The SMILES string of the molecule is COc1ccc(C(=O)NC(CCN)C(C)(C)C)cc1F. The molecule has 1 aromatic carbocycles. The van der Waals surface area contributed by atoms with Crippen LogP contribution in [0.15, 0.2) is 18.2 Å². The fourth-order valence-corrected chi connectivity index (χ4v) is 1.94. The van der Waals surface area contributed by atoms with Gasteiger partial charge >= 0.3 is 0 Å².